The van der Waals surface area contributed by atoms with Crippen LogP contribution in [0.4, 0.5) is 36.3 Å². The van der Waals surface area contributed by atoms with Crippen molar-refractivity contribution in [1.82, 2.24) is 19.5 Å². The number of anilines is 4. The second-order valence-electron chi connectivity index (χ2n) is 5.98. The molecule has 0 bridgehead atoms. The molecule has 3 rings (SSSR count). The topological polar surface area (TPSA) is 103 Å². The van der Waals surface area contributed by atoms with Crippen LogP contribution in [0.25, 0.3) is 0 Å². The van der Waals surface area contributed by atoms with Crippen molar-refractivity contribution >= 4 is 23.1 Å². The van der Waals surface area contributed by atoms with E-state index in [2.05, 4.69) is 25.6 Å². The summed E-state index contributed by atoms with van der Waals surface area (Å²) in [6.07, 6.45) is 4.06. The summed E-state index contributed by atoms with van der Waals surface area (Å²) in [4.78, 5) is 11.9. The number of halogens is 3. The van der Waals surface area contributed by atoms with Crippen molar-refractivity contribution in [2.24, 2.45) is 7.05 Å². The van der Waals surface area contributed by atoms with Crippen LogP contribution in [0.1, 0.15) is 11.7 Å². The molecule has 1 atom stereocenters. The number of pyridine rings is 2. The molecule has 4 N–H and O–H groups in total. The predicted molar refractivity (Wildman–Crippen MR) is 97.5 cm³/mol. The third-order valence-electron chi connectivity index (χ3n) is 3.77. The van der Waals surface area contributed by atoms with Crippen LogP contribution in [0.2, 0.25) is 0 Å². The summed E-state index contributed by atoms with van der Waals surface area (Å²) < 4.78 is 48.3. The fourth-order valence-corrected chi connectivity index (χ4v) is 2.51. The van der Waals surface area contributed by atoms with Crippen LogP contribution in [-0.4, -0.2) is 33.2 Å². The predicted octanol–water partition coefficient (Wildman–Crippen LogP) is 2.75. The van der Waals surface area contributed by atoms with Crippen LogP contribution in [-0.2, 0) is 11.8 Å². The van der Waals surface area contributed by atoms with Gasteiger partial charge >= 0.3 is 0 Å². The zero-order valence-electron chi connectivity index (χ0n) is 15.1. The summed E-state index contributed by atoms with van der Waals surface area (Å²) in [5.41, 5.74) is 5.75. The van der Waals surface area contributed by atoms with Gasteiger partial charge in [0.2, 0.25) is 0 Å². The van der Waals surface area contributed by atoms with Crippen LogP contribution < -0.4 is 16.4 Å². The summed E-state index contributed by atoms with van der Waals surface area (Å²) in [5, 5.41) is 5.61. The summed E-state index contributed by atoms with van der Waals surface area (Å²) in [7, 11) is 3.17. The number of hydrogen-bond acceptors (Lipinski definition) is 7. The van der Waals surface area contributed by atoms with E-state index in [0.717, 1.165) is 12.3 Å². The van der Waals surface area contributed by atoms with Gasteiger partial charge in [0.1, 0.15) is 23.1 Å². The Morgan fingerprint density at radius 3 is 2.61 bits per heavy atom. The van der Waals surface area contributed by atoms with Crippen molar-refractivity contribution in [2.45, 2.75) is 6.04 Å². The van der Waals surface area contributed by atoms with Gasteiger partial charge in [0, 0.05) is 32.5 Å². The number of rotatable bonds is 7. The molecule has 0 saturated heterocycles. The second kappa shape index (κ2) is 8.13. The van der Waals surface area contributed by atoms with Gasteiger partial charge in [-0.1, -0.05) is 0 Å². The van der Waals surface area contributed by atoms with Crippen molar-refractivity contribution in [1.29, 1.82) is 0 Å². The average molecular weight is 393 g/mol. The van der Waals surface area contributed by atoms with Gasteiger partial charge in [-0.15, -0.1) is 0 Å². The first-order valence-electron chi connectivity index (χ1n) is 8.14. The molecule has 0 radical (unpaired) electrons. The quantitative estimate of drug-likeness (QED) is 0.567. The Bertz CT molecular complexity index is 979. The Morgan fingerprint density at radius 1 is 1.18 bits per heavy atom. The highest BCUT2D eigenvalue weighted by Crippen LogP contribution is 2.28. The van der Waals surface area contributed by atoms with Gasteiger partial charge in [-0.05, 0) is 0 Å². The molecule has 3 aromatic heterocycles. The average Bonchev–Trinajstić information content (AvgIpc) is 3.03. The number of aryl methyl sites for hydroxylation is 1. The van der Waals surface area contributed by atoms with Crippen molar-refractivity contribution in [2.75, 3.05) is 30.1 Å². The van der Waals surface area contributed by atoms with E-state index < -0.39 is 23.5 Å². The first-order chi connectivity index (χ1) is 13.4. The number of nitrogens with zero attached hydrogens (tertiary/aromatic N) is 4. The smallest absolute Gasteiger partial charge is 0.170 e. The van der Waals surface area contributed by atoms with E-state index in [1.54, 1.807) is 17.8 Å². The van der Waals surface area contributed by atoms with Crippen molar-refractivity contribution in [3.63, 3.8) is 0 Å². The largest absolute Gasteiger partial charge is 0.396 e. The highest BCUT2D eigenvalue weighted by atomic mass is 19.1. The Morgan fingerprint density at radius 2 is 1.96 bits per heavy atom. The van der Waals surface area contributed by atoms with Gasteiger partial charge in [0.15, 0.2) is 17.5 Å². The molecule has 0 aliphatic carbocycles. The van der Waals surface area contributed by atoms with Crippen LogP contribution in [0, 0.1) is 17.5 Å². The third kappa shape index (κ3) is 4.31. The zero-order valence-corrected chi connectivity index (χ0v) is 15.1. The van der Waals surface area contributed by atoms with E-state index in [0.29, 0.717) is 11.9 Å². The maximum Gasteiger partial charge on any atom is 0.170 e. The molecule has 0 aromatic carbocycles. The summed E-state index contributed by atoms with van der Waals surface area (Å²) in [6, 6.07) is 0.940. The van der Waals surface area contributed by atoms with E-state index in [9.17, 15) is 13.2 Å². The van der Waals surface area contributed by atoms with Crippen LogP contribution in [0.5, 0.6) is 0 Å². The highest BCUT2D eigenvalue weighted by molar-refractivity contribution is 5.67. The Hall–Kier alpha value is -3.34. The van der Waals surface area contributed by atoms with Crippen molar-refractivity contribution in [3.8, 4) is 0 Å². The van der Waals surface area contributed by atoms with E-state index in [1.165, 1.54) is 13.4 Å². The Kier molecular flexibility index (Phi) is 5.64. The molecule has 0 spiro atoms. The normalized spacial score (nSPS) is 12.0. The maximum absolute atomic E-state index is 14.2. The van der Waals surface area contributed by atoms with Crippen LogP contribution in [0.15, 0.2) is 30.9 Å². The van der Waals surface area contributed by atoms with Gasteiger partial charge in [0.25, 0.3) is 0 Å². The van der Waals surface area contributed by atoms with E-state index in [4.69, 9.17) is 10.5 Å². The molecule has 11 heteroatoms. The molecular weight excluding hydrogens is 375 g/mol. The minimum Gasteiger partial charge on any atom is -0.396 e. The zero-order chi connectivity index (χ0) is 20.3. The van der Waals surface area contributed by atoms with Gasteiger partial charge < -0.3 is 25.7 Å². The summed E-state index contributed by atoms with van der Waals surface area (Å²) in [5.74, 6) is -2.03. The number of nitrogens with one attached hydrogen (secondary N) is 2. The molecule has 1 unspecified atom stereocenters. The number of ether oxygens (including phenoxy) is 1. The third-order valence-corrected chi connectivity index (χ3v) is 3.77. The number of hydrogen-bond donors (Lipinski definition) is 3. The lowest BCUT2D eigenvalue weighted by Gasteiger charge is -2.20. The number of imidazole rings is 1. The molecule has 0 aliphatic heterocycles. The number of nitrogen functional groups attached to an aromatic ring is 1. The van der Waals surface area contributed by atoms with Gasteiger partial charge in [-0.3, -0.25) is 4.98 Å². The molecule has 0 aliphatic rings. The van der Waals surface area contributed by atoms with Crippen molar-refractivity contribution in [3.05, 3.63) is 54.0 Å². The lowest BCUT2D eigenvalue weighted by Crippen LogP contribution is -2.21. The van der Waals surface area contributed by atoms with Crippen LogP contribution in [0.3, 0.4) is 0 Å². The molecule has 0 saturated carbocycles. The minimum absolute atomic E-state index is 0.00677. The molecule has 28 heavy (non-hydrogen) atoms. The SMILES string of the molecule is COCC(Nc1nc(Nc2cn(C)cn2)c(F)cc1N)c1ncc(F)cc1F. The lowest BCUT2D eigenvalue weighted by atomic mass is 10.2. The monoisotopic (exact) mass is 393 g/mol. The number of nitrogens with two attached hydrogens (primary N) is 1. The second-order valence-corrected chi connectivity index (χ2v) is 5.98. The Labute approximate surface area is 158 Å². The van der Waals surface area contributed by atoms with Gasteiger partial charge in [-0.2, -0.15) is 0 Å². The molecular formula is C17H18F3N7O. The molecule has 8 nitrogen and oxygen atoms in total. The van der Waals surface area contributed by atoms with E-state index in [-0.39, 0.29) is 29.6 Å². The summed E-state index contributed by atoms with van der Waals surface area (Å²) >= 11 is 0. The molecule has 0 fully saturated rings. The first kappa shape index (κ1) is 19.4. The number of methoxy groups -OCH3 is 1. The lowest BCUT2D eigenvalue weighted by molar-refractivity contribution is 0.183. The number of aromatic nitrogens is 4. The van der Waals surface area contributed by atoms with Gasteiger partial charge in [-0.25, -0.2) is 23.1 Å². The first-order valence-corrected chi connectivity index (χ1v) is 8.14. The molecule has 3 heterocycles. The fourth-order valence-electron chi connectivity index (χ4n) is 2.51. The summed E-state index contributed by atoms with van der Waals surface area (Å²) in [6.45, 7) is -0.0168. The molecule has 148 valence electrons. The van der Waals surface area contributed by atoms with E-state index in [1.807, 2.05) is 0 Å². The highest BCUT2D eigenvalue weighted by Gasteiger charge is 2.21. The van der Waals surface area contributed by atoms with Gasteiger partial charge in [0.05, 0.1) is 30.9 Å². The fraction of sp³-hybridized carbons (Fsp3) is 0.235. The maximum atomic E-state index is 14.2. The van der Waals surface area contributed by atoms with Crippen LogP contribution >= 0.6 is 0 Å². The van der Waals surface area contributed by atoms with E-state index >= 15 is 0 Å². The molecule has 3 aromatic rings. The van der Waals surface area contributed by atoms with Crippen molar-refractivity contribution < 1.29 is 17.9 Å². The minimum atomic E-state index is -0.859. The Balaban J connectivity index is 1.91. The standard InChI is InChI=1S/C17H18F3N7O/c1-27-6-14(23-8-27)25-16-11(20)4-12(21)17(26-16)24-13(7-28-2)15-10(19)3-9(18)5-22-15/h3-6,8,13H,7,21H2,1-2H3,(H2,24,25,26). The molecule has 0 amide bonds.